The molecule has 0 aliphatic heterocycles. The first kappa shape index (κ1) is 18.2. The Bertz CT molecular complexity index is 854. The highest BCUT2D eigenvalue weighted by Crippen LogP contribution is 2.22. The molecule has 0 saturated carbocycles. The third kappa shape index (κ3) is 4.14. The summed E-state index contributed by atoms with van der Waals surface area (Å²) in [6.07, 6.45) is 3.10. The second-order valence-electron chi connectivity index (χ2n) is 6.16. The van der Waals surface area contributed by atoms with E-state index in [0.29, 0.717) is 6.42 Å². The molecule has 3 aromatic rings. The lowest BCUT2D eigenvalue weighted by Gasteiger charge is -2.14. The zero-order valence-electron chi connectivity index (χ0n) is 15.2. The van der Waals surface area contributed by atoms with Crippen LogP contribution in [-0.4, -0.2) is 22.8 Å². The van der Waals surface area contributed by atoms with Gasteiger partial charge in [-0.1, -0.05) is 6.07 Å². The number of nitrogens with one attached hydrogen (secondary N) is 1. The lowest BCUT2D eigenvalue weighted by Crippen LogP contribution is -2.27. The molecule has 0 saturated heterocycles. The van der Waals surface area contributed by atoms with Gasteiger partial charge in [0.25, 0.3) is 0 Å². The van der Waals surface area contributed by atoms with Crippen LogP contribution in [0.4, 0.5) is 0 Å². The minimum atomic E-state index is -0.0853. The van der Waals surface area contributed by atoms with Gasteiger partial charge in [0.1, 0.15) is 5.75 Å². The van der Waals surface area contributed by atoms with E-state index in [4.69, 9.17) is 4.74 Å². The molecular formula is C20H23N3O2S. The van der Waals surface area contributed by atoms with Gasteiger partial charge in [-0.05, 0) is 56.0 Å². The van der Waals surface area contributed by atoms with E-state index < -0.39 is 0 Å². The molecule has 136 valence electrons. The third-order valence-electron chi connectivity index (χ3n) is 4.39. The van der Waals surface area contributed by atoms with E-state index in [-0.39, 0.29) is 11.9 Å². The average molecular weight is 369 g/mol. The number of carbonyl (C=O) groups is 1. The van der Waals surface area contributed by atoms with Crippen molar-refractivity contribution in [1.29, 1.82) is 0 Å². The number of rotatable bonds is 7. The maximum absolute atomic E-state index is 12.2. The first-order chi connectivity index (χ1) is 12.6. The van der Waals surface area contributed by atoms with Crippen molar-refractivity contribution in [3.8, 4) is 11.4 Å². The summed E-state index contributed by atoms with van der Waals surface area (Å²) < 4.78 is 7.07. The number of thiophene rings is 1. The van der Waals surface area contributed by atoms with E-state index in [1.54, 1.807) is 18.4 Å². The van der Waals surface area contributed by atoms with Crippen molar-refractivity contribution in [1.82, 2.24) is 15.1 Å². The van der Waals surface area contributed by atoms with E-state index in [0.717, 1.165) is 29.1 Å². The van der Waals surface area contributed by atoms with Crippen LogP contribution >= 0.6 is 11.3 Å². The maximum Gasteiger partial charge on any atom is 0.220 e. The molecule has 0 spiro atoms. The molecule has 0 aliphatic carbocycles. The summed E-state index contributed by atoms with van der Waals surface area (Å²) in [4.78, 5) is 13.5. The second kappa shape index (κ2) is 8.19. The van der Waals surface area contributed by atoms with Crippen molar-refractivity contribution in [3.05, 3.63) is 64.1 Å². The van der Waals surface area contributed by atoms with Crippen LogP contribution in [0.2, 0.25) is 0 Å². The Labute approximate surface area is 157 Å². The van der Waals surface area contributed by atoms with Gasteiger partial charge in [-0.2, -0.15) is 5.10 Å². The first-order valence-electron chi connectivity index (χ1n) is 8.59. The van der Waals surface area contributed by atoms with Gasteiger partial charge < -0.3 is 10.1 Å². The summed E-state index contributed by atoms with van der Waals surface area (Å²) in [5, 5.41) is 9.59. The number of benzene rings is 1. The molecule has 1 N–H and O–H groups in total. The number of hydrogen-bond acceptors (Lipinski definition) is 4. The maximum atomic E-state index is 12.2. The summed E-state index contributed by atoms with van der Waals surface area (Å²) in [6, 6.07) is 11.7. The summed E-state index contributed by atoms with van der Waals surface area (Å²) in [6.45, 7) is 4.01. The third-order valence-corrected chi connectivity index (χ3v) is 5.32. The molecule has 0 fully saturated rings. The molecule has 0 bridgehead atoms. The van der Waals surface area contributed by atoms with E-state index in [9.17, 15) is 4.79 Å². The van der Waals surface area contributed by atoms with Crippen LogP contribution in [0.3, 0.4) is 0 Å². The van der Waals surface area contributed by atoms with Crippen LogP contribution in [-0.2, 0) is 11.2 Å². The van der Waals surface area contributed by atoms with Crippen LogP contribution in [0.25, 0.3) is 5.69 Å². The highest BCUT2D eigenvalue weighted by atomic mass is 32.1. The molecule has 1 amide bonds. The molecule has 3 rings (SSSR count). The van der Waals surface area contributed by atoms with Crippen LogP contribution in [0.15, 0.2) is 48.0 Å². The lowest BCUT2D eigenvalue weighted by atomic mass is 10.1. The number of hydrogen-bond donors (Lipinski definition) is 1. The van der Waals surface area contributed by atoms with Crippen LogP contribution in [0, 0.1) is 6.92 Å². The quantitative estimate of drug-likeness (QED) is 0.683. The van der Waals surface area contributed by atoms with Gasteiger partial charge in [0, 0.05) is 22.6 Å². The van der Waals surface area contributed by atoms with E-state index in [1.807, 2.05) is 60.4 Å². The summed E-state index contributed by atoms with van der Waals surface area (Å²) in [5.41, 5.74) is 3.00. The fraction of sp³-hybridized carbons (Fsp3) is 0.300. The lowest BCUT2D eigenvalue weighted by molar-refractivity contribution is -0.121. The molecule has 2 aromatic heterocycles. The van der Waals surface area contributed by atoms with Crippen molar-refractivity contribution in [2.75, 3.05) is 7.11 Å². The molecule has 1 unspecified atom stereocenters. The number of nitrogens with zero attached hydrogens (tertiary/aromatic N) is 2. The highest BCUT2D eigenvalue weighted by molar-refractivity contribution is 7.09. The number of amides is 1. The molecule has 0 radical (unpaired) electrons. The predicted molar refractivity (Wildman–Crippen MR) is 104 cm³/mol. The van der Waals surface area contributed by atoms with Gasteiger partial charge in [0.2, 0.25) is 5.91 Å². The molecule has 1 atom stereocenters. The van der Waals surface area contributed by atoms with Crippen molar-refractivity contribution >= 4 is 17.2 Å². The van der Waals surface area contributed by atoms with Gasteiger partial charge in [0.15, 0.2) is 0 Å². The Morgan fingerprint density at radius 3 is 2.73 bits per heavy atom. The molecular weight excluding hydrogens is 346 g/mol. The smallest absolute Gasteiger partial charge is 0.220 e. The number of ether oxygens (including phenoxy) is 1. The SMILES string of the molecule is COc1ccc(-n2ncc(C(C)NC(=O)CCc3cccs3)c2C)cc1. The Balaban J connectivity index is 1.65. The van der Waals surface area contributed by atoms with E-state index in [2.05, 4.69) is 16.5 Å². The van der Waals surface area contributed by atoms with E-state index >= 15 is 0 Å². The summed E-state index contributed by atoms with van der Waals surface area (Å²) >= 11 is 1.68. The van der Waals surface area contributed by atoms with Crippen LogP contribution in [0.1, 0.15) is 35.5 Å². The Morgan fingerprint density at radius 1 is 1.31 bits per heavy atom. The Hall–Kier alpha value is -2.60. The minimum Gasteiger partial charge on any atom is -0.497 e. The van der Waals surface area contributed by atoms with Crippen LogP contribution < -0.4 is 10.1 Å². The second-order valence-corrected chi connectivity index (χ2v) is 7.20. The molecule has 2 heterocycles. The fourth-order valence-corrected chi connectivity index (χ4v) is 3.62. The zero-order chi connectivity index (χ0) is 18.5. The van der Waals surface area contributed by atoms with Gasteiger partial charge in [0.05, 0.1) is 25.0 Å². The number of methoxy groups -OCH3 is 1. The average Bonchev–Trinajstić information content (AvgIpc) is 3.29. The Kier molecular flexibility index (Phi) is 5.73. The van der Waals surface area contributed by atoms with Crippen molar-refractivity contribution < 1.29 is 9.53 Å². The monoisotopic (exact) mass is 369 g/mol. The molecule has 5 nitrogen and oxygen atoms in total. The normalized spacial score (nSPS) is 12.0. The van der Waals surface area contributed by atoms with Gasteiger partial charge >= 0.3 is 0 Å². The fourth-order valence-electron chi connectivity index (χ4n) is 2.91. The summed E-state index contributed by atoms with van der Waals surface area (Å²) in [5.74, 6) is 0.868. The largest absolute Gasteiger partial charge is 0.497 e. The Morgan fingerprint density at radius 2 is 2.08 bits per heavy atom. The molecule has 6 heteroatoms. The van der Waals surface area contributed by atoms with Gasteiger partial charge in [-0.3, -0.25) is 4.79 Å². The first-order valence-corrected chi connectivity index (χ1v) is 9.47. The predicted octanol–water partition coefficient (Wildman–Crippen LogP) is 4.06. The van der Waals surface area contributed by atoms with Crippen molar-refractivity contribution in [3.63, 3.8) is 0 Å². The molecule has 26 heavy (non-hydrogen) atoms. The van der Waals surface area contributed by atoms with Crippen molar-refractivity contribution in [2.24, 2.45) is 0 Å². The van der Waals surface area contributed by atoms with Crippen molar-refractivity contribution in [2.45, 2.75) is 32.7 Å². The van der Waals surface area contributed by atoms with Gasteiger partial charge in [-0.15, -0.1) is 11.3 Å². The van der Waals surface area contributed by atoms with Crippen LogP contribution in [0.5, 0.6) is 5.75 Å². The van der Waals surface area contributed by atoms with E-state index in [1.165, 1.54) is 4.88 Å². The number of aryl methyl sites for hydroxylation is 1. The molecule has 1 aromatic carbocycles. The number of aromatic nitrogens is 2. The number of carbonyl (C=O) groups excluding carboxylic acids is 1. The highest BCUT2D eigenvalue weighted by Gasteiger charge is 2.16. The summed E-state index contributed by atoms with van der Waals surface area (Å²) in [7, 11) is 1.65. The minimum absolute atomic E-state index is 0.0579. The zero-order valence-corrected chi connectivity index (χ0v) is 16.0. The topological polar surface area (TPSA) is 56.1 Å². The van der Waals surface area contributed by atoms with Gasteiger partial charge in [-0.25, -0.2) is 4.68 Å². The molecule has 0 aliphatic rings. The standard InChI is InChI=1S/C20H23N3O2S/c1-14(22-20(24)11-10-18-5-4-12-26-18)19-13-21-23(15(19)2)16-6-8-17(25-3)9-7-16/h4-9,12-14H,10-11H2,1-3H3,(H,22,24).